The highest BCUT2D eigenvalue weighted by Gasteiger charge is 2.10. The predicted molar refractivity (Wildman–Crippen MR) is 69.7 cm³/mol. The highest BCUT2D eigenvalue weighted by atomic mass is 32.1. The number of esters is 1. The molecule has 1 rings (SSSR count). The summed E-state index contributed by atoms with van der Waals surface area (Å²) in [6, 6.07) is 0.527. The lowest BCUT2D eigenvalue weighted by Gasteiger charge is -2.20. The fourth-order valence-corrected chi connectivity index (χ4v) is 1.86. The molecule has 1 aromatic heterocycles. The topological polar surface area (TPSA) is 54.5 Å². The number of ether oxygens (including phenoxy) is 1. The minimum atomic E-state index is -0.395. The van der Waals surface area contributed by atoms with Crippen LogP contribution in [0.15, 0.2) is 5.38 Å². The number of likely N-dealkylation sites (N-methyl/N-ethyl adjacent to an activating group) is 1. The van der Waals surface area contributed by atoms with Gasteiger partial charge in [-0.1, -0.05) is 0 Å². The Bertz CT molecular complexity index is 365. The fraction of sp³-hybridized carbons (Fsp3) is 0.636. The summed E-state index contributed by atoms with van der Waals surface area (Å²) in [6.07, 6.45) is 0. The fourth-order valence-electron chi connectivity index (χ4n) is 1.15. The van der Waals surface area contributed by atoms with E-state index in [1.807, 2.05) is 0 Å². The van der Waals surface area contributed by atoms with Gasteiger partial charge in [0.2, 0.25) is 0 Å². The van der Waals surface area contributed by atoms with E-state index in [1.165, 1.54) is 18.4 Å². The van der Waals surface area contributed by atoms with Crippen molar-refractivity contribution >= 4 is 22.4 Å². The van der Waals surface area contributed by atoms with Crippen molar-refractivity contribution in [3.8, 4) is 0 Å². The zero-order valence-corrected chi connectivity index (χ0v) is 11.5. The Balaban J connectivity index is 2.37. The van der Waals surface area contributed by atoms with Crippen molar-refractivity contribution in [3.63, 3.8) is 0 Å². The van der Waals surface area contributed by atoms with Crippen molar-refractivity contribution in [3.05, 3.63) is 11.1 Å². The van der Waals surface area contributed by atoms with Crippen molar-refractivity contribution in [2.75, 3.05) is 32.6 Å². The lowest BCUT2D eigenvalue weighted by molar-refractivity contribution is 0.0595. The van der Waals surface area contributed by atoms with Gasteiger partial charge in [0.1, 0.15) is 0 Å². The largest absolute Gasteiger partial charge is 0.464 e. The van der Waals surface area contributed by atoms with Crippen LogP contribution in [0, 0.1) is 0 Å². The summed E-state index contributed by atoms with van der Waals surface area (Å²) in [7, 11) is 3.43. The summed E-state index contributed by atoms with van der Waals surface area (Å²) >= 11 is 1.41. The van der Waals surface area contributed by atoms with E-state index in [9.17, 15) is 4.79 Å². The number of thiazole rings is 1. The molecule has 17 heavy (non-hydrogen) atoms. The summed E-state index contributed by atoms with van der Waals surface area (Å²) in [4.78, 5) is 17.6. The maximum Gasteiger partial charge on any atom is 0.357 e. The standard InChI is InChI=1S/C11H19N3O2S/c1-8(2)14(3)6-5-12-11-13-9(7-17-11)10(15)16-4/h7-8H,5-6H2,1-4H3,(H,12,13). The average molecular weight is 257 g/mol. The number of aromatic nitrogens is 1. The Labute approximate surface area is 106 Å². The molecule has 5 nitrogen and oxygen atoms in total. The summed E-state index contributed by atoms with van der Waals surface area (Å²) in [5, 5.41) is 5.63. The normalized spacial score (nSPS) is 10.9. The molecule has 96 valence electrons. The number of carbonyl (C=O) groups is 1. The van der Waals surface area contributed by atoms with Gasteiger partial charge < -0.3 is 15.0 Å². The quantitative estimate of drug-likeness (QED) is 0.786. The Kier molecular flexibility index (Phi) is 5.37. The SMILES string of the molecule is COC(=O)c1csc(NCCN(C)C(C)C)n1. The third-order valence-corrected chi connectivity index (χ3v) is 3.32. The van der Waals surface area contributed by atoms with Gasteiger partial charge >= 0.3 is 5.97 Å². The summed E-state index contributed by atoms with van der Waals surface area (Å²) in [5.41, 5.74) is 0.359. The summed E-state index contributed by atoms with van der Waals surface area (Å²) in [5.74, 6) is -0.395. The molecular formula is C11H19N3O2S. The Morgan fingerprint density at radius 3 is 2.94 bits per heavy atom. The molecule has 0 aliphatic carbocycles. The zero-order chi connectivity index (χ0) is 12.8. The molecule has 0 unspecified atom stereocenters. The minimum absolute atomic E-state index is 0.359. The van der Waals surface area contributed by atoms with Crippen LogP contribution in [-0.2, 0) is 4.74 Å². The highest BCUT2D eigenvalue weighted by Crippen LogP contribution is 2.15. The molecule has 6 heteroatoms. The molecule has 0 aliphatic rings. The van der Waals surface area contributed by atoms with Crippen molar-refractivity contribution in [2.45, 2.75) is 19.9 Å². The van der Waals surface area contributed by atoms with Gasteiger partial charge in [0.25, 0.3) is 0 Å². The predicted octanol–water partition coefficient (Wildman–Crippen LogP) is 1.68. The van der Waals surface area contributed by atoms with Crippen molar-refractivity contribution in [2.24, 2.45) is 0 Å². The van der Waals surface area contributed by atoms with Crippen LogP contribution in [0.5, 0.6) is 0 Å². The maximum absolute atomic E-state index is 11.2. The third-order valence-electron chi connectivity index (χ3n) is 2.52. The molecule has 0 saturated heterocycles. The number of hydrogen-bond donors (Lipinski definition) is 1. The van der Waals surface area contributed by atoms with Gasteiger partial charge in [-0.15, -0.1) is 11.3 Å². The number of anilines is 1. The monoisotopic (exact) mass is 257 g/mol. The van der Waals surface area contributed by atoms with Gasteiger partial charge in [0.15, 0.2) is 10.8 Å². The average Bonchev–Trinajstić information content (AvgIpc) is 2.76. The van der Waals surface area contributed by atoms with Gasteiger partial charge in [0.05, 0.1) is 7.11 Å². The molecule has 0 amide bonds. The number of nitrogens with one attached hydrogen (secondary N) is 1. The van der Waals surface area contributed by atoms with Crippen LogP contribution in [0.3, 0.4) is 0 Å². The molecule has 0 aromatic carbocycles. The van der Waals surface area contributed by atoms with Gasteiger partial charge in [-0.25, -0.2) is 9.78 Å². The van der Waals surface area contributed by atoms with E-state index in [0.717, 1.165) is 18.2 Å². The van der Waals surface area contributed by atoms with Crippen LogP contribution in [0.25, 0.3) is 0 Å². The molecule has 0 fully saturated rings. The van der Waals surface area contributed by atoms with Crippen molar-refractivity contribution in [1.82, 2.24) is 9.88 Å². The molecule has 1 heterocycles. The van der Waals surface area contributed by atoms with E-state index in [2.05, 4.69) is 40.8 Å². The smallest absolute Gasteiger partial charge is 0.357 e. The molecule has 1 aromatic rings. The van der Waals surface area contributed by atoms with Crippen LogP contribution in [-0.4, -0.2) is 49.1 Å². The van der Waals surface area contributed by atoms with Gasteiger partial charge in [-0.05, 0) is 20.9 Å². The van der Waals surface area contributed by atoms with Crippen LogP contribution in [0.1, 0.15) is 24.3 Å². The van der Waals surface area contributed by atoms with E-state index >= 15 is 0 Å². The number of nitrogens with zero attached hydrogens (tertiary/aromatic N) is 2. The third kappa shape index (κ3) is 4.32. The first-order valence-corrected chi connectivity index (χ1v) is 6.40. The Morgan fingerprint density at radius 1 is 1.65 bits per heavy atom. The second kappa shape index (κ2) is 6.56. The van der Waals surface area contributed by atoms with Crippen LogP contribution < -0.4 is 5.32 Å². The number of hydrogen-bond acceptors (Lipinski definition) is 6. The number of methoxy groups -OCH3 is 1. The first kappa shape index (κ1) is 13.9. The van der Waals surface area contributed by atoms with Crippen LogP contribution >= 0.6 is 11.3 Å². The summed E-state index contributed by atoms with van der Waals surface area (Å²) < 4.78 is 4.59. The first-order chi connectivity index (χ1) is 8.04. The number of carbonyl (C=O) groups excluding carboxylic acids is 1. The lowest BCUT2D eigenvalue weighted by atomic mass is 10.3. The molecule has 0 saturated carbocycles. The summed E-state index contributed by atoms with van der Waals surface area (Å²) in [6.45, 7) is 6.05. The second-order valence-corrected chi connectivity index (χ2v) is 4.89. The lowest BCUT2D eigenvalue weighted by Crippen LogP contribution is -2.31. The molecule has 0 radical (unpaired) electrons. The molecule has 0 atom stereocenters. The number of rotatable bonds is 6. The van der Waals surface area contributed by atoms with Crippen molar-refractivity contribution < 1.29 is 9.53 Å². The first-order valence-electron chi connectivity index (χ1n) is 5.52. The maximum atomic E-state index is 11.2. The molecule has 0 spiro atoms. The van der Waals surface area contributed by atoms with Gasteiger partial charge in [0, 0.05) is 24.5 Å². The van der Waals surface area contributed by atoms with Gasteiger partial charge in [-0.2, -0.15) is 0 Å². The molecule has 1 N–H and O–H groups in total. The van der Waals surface area contributed by atoms with E-state index < -0.39 is 5.97 Å². The molecule has 0 aliphatic heterocycles. The zero-order valence-electron chi connectivity index (χ0n) is 10.7. The van der Waals surface area contributed by atoms with E-state index in [0.29, 0.717) is 11.7 Å². The molecule has 0 bridgehead atoms. The Hall–Kier alpha value is -1.14. The van der Waals surface area contributed by atoms with Crippen LogP contribution in [0.2, 0.25) is 0 Å². The van der Waals surface area contributed by atoms with Crippen molar-refractivity contribution in [1.29, 1.82) is 0 Å². The minimum Gasteiger partial charge on any atom is -0.464 e. The van der Waals surface area contributed by atoms with E-state index in [-0.39, 0.29) is 0 Å². The van der Waals surface area contributed by atoms with Gasteiger partial charge in [-0.3, -0.25) is 0 Å². The van der Waals surface area contributed by atoms with E-state index in [4.69, 9.17) is 0 Å². The van der Waals surface area contributed by atoms with E-state index in [1.54, 1.807) is 5.38 Å². The molecular weight excluding hydrogens is 238 g/mol. The Morgan fingerprint density at radius 2 is 2.35 bits per heavy atom. The second-order valence-electron chi connectivity index (χ2n) is 4.03. The van der Waals surface area contributed by atoms with Crippen LogP contribution in [0.4, 0.5) is 5.13 Å². The highest BCUT2D eigenvalue weighted by molar-refractivity contribution is 7.13.